The Morgan fingerprint density at radius 3 is 2.61 bits per heavy atom. The molecule has 1 aromatic carbocycles. The summed E-state index contributed by atoms with van der Waals surface area (Å²) in [5, 5.41) is 4.04. The molecule has 1 atom stereocenters. The van der Waals surface area contributed by atoms with Gasteiger partial charge in [0.25, 0.3) is 0 Å². The fraction of sp³-hybridized carbons (Fsp3) is 0.333. The second kappa shape index (κ2) is 6.54. The zero-order valence-electron chi connectivity index (χ0n) is 13.5. The Morgan fingerprint density at radius 2 is 2.00 bits per heavy atom. The predicted molar refractivity (Wildman–Crippen MR) is 96.8 cm³/mol. The van der Waals surface area contributed by atoms with Gasteiger partial charge in [0, 0.05) is 36.7 Å². The molecule has 1 aromatic heterocycles. The molecule has 1 aliphatic heterocycles. The number of aryl methyl sites for hydroxylation is 1. The standard InChI is InChI=1S/C18H21N3OS/c1-13(22)14-7-9-15(10-8-14)19-18(23)21-12-4-6-17(21)16-5-3-11-20(16)2/h3,5,7-11,17H,4,6,12H2,1-2H3,(H,19,23)/t17-/m0/s1. The van der Waals surface area contributed by atoms with E-state index in [9.17, 15) is 4.79 Å². The van der Waals surface area contributed by atoms with Crippen molar-refractivity contribution in [2.24, 2.45) is 7.05 Å². The lowest BCUT2D eigenvalue weighted by Crippen LogP contribution is -2.34. The Hall–Kier alpha value is -2.14. The van der Waals surface area contributed by atoms with Gasteiger partial charge in [-0.3, -0.25) is 4.79 Å². The van der Waals surface area contributed by atoms with Crippen LogP contribution in [0.1, 0.15) is 41.9 Å². The van der Waals surface area contributed by atoms with E-state index in [0.717, 1.165) is 30.2 Å². The molecular formula is C18H21N3OS. The number of likely N-dealkylation sites (tertiary alicyclic amines) is 1. The highest BCUT2D eigenvalue weighted by atomic mass is 32.1. The smallest absolute Gasteiger partial charge is 0.173 e. The molecular weight excluding hydrogens is 306 g/mol. The van der Waals surface area contributed by atoms with Gasteiger partial charge >= 0.3 is 0 Å². The molecule has 120 valence electrons. The number of rotatable bonds is 3. The fourth-order valence-corrected chi connectivity index (χ4v) is 3.46. The number of carbonyl (C=O) groups is 1. The number of aromatic nitrogens is 1. The number of nitrogens with one attached hydrogen (secondary N) is 1. The number of anilines is 1. The second-order valence-electron chi connectivity index (χ2n) is 5.96. The summed E-state index contributed by atoms with van der Waals surface area (Å²) in [7, 11) is 2.07. The molecule has 0 unspecified atom stereocenters. The van der Waals surface area contributed by atoms with Crippen molar-refractivity contribution >= 4 is 28.8 Å². The van der Waals surface area contributed by atoms with Crippen LogP contribution in [0.15, 0.2) is 42.6 Å². The van der Waals surface area contributed by atoms with Crippen molar-refractivity contribution in [2.45, 2.75) is 25.8 Å². The zero-order valence-corrected chi connectivity index (χ0v) is 14.3. The summed E-state index contributed by atoms with van der Waals surface area (Å²) in [4.78, 5) is 13.6. The summed E-state index contributed by atoms with van der Waals surface area (Å²) >= 11 is 5.61. The van der Waals surface area contributed by atoms with Crippen molar-refractivity contribution in [3.63, 3.8) is 0 Å². The van der Waals surface area contributed by atoms with Crippen molar-refractivity contribution in [1.29, 1.82) is 0 Å². The molecule has 0 spiro atoms. The van der Waals surface area contributed by atoms with Crippen LogP contribution in [0.2, 0.25) is 0 Å². The topological polar surface area (TPSA) is 37.3 Å². The van der Waals surface area contributed by atoms with E-state index < -0.39 is 0 Å². The van der Waals surface area contributed by atoms with Crippen LogP contribution < -0.4 is 5.32 Å². The molecule has 0 amide bonds. The summed E-state index contributed by atoms with van der Waals surface area (Å²) < 4.78 is 2.16. The molecule has 2 heterocycles. The van der Waals surface area contributed by atoms with Gasteiger partial charge in [0.15, 0.2) is 10.9 Å². The van der Waals surface area contributed by atoms with E-state index in [2.05, 4.69) is 40.2 Å². The Morgan fingerprint density at radius 1 is 1.26 bits per heavy atom. The highest BCUT2D eigenvalue weighted by molar-refractivity contribution is 7.80. The van der Waals surface area contributed by atoms with Crippen LogP contribution in [0, 0.1) is 0 Å². The van der Waals surface area contributed by atoms with Gasteiger partial charge in [-0.1, -0.05) is 0 Å². The monoisotopic (exact) mass is 327 g/mol. The maximum Gasteiger partial charge on any atom is 0.173 e. The Labute approximate surface area is 142 Å². The van der Waals surface area contributed by atoms with Gasteiger partial charge < -0.3 is 14.8 Å². The van der Waals surface area contributed by atoms with Gasteiger partial charge in [-0.2, -0.15) is 0 Å². The molecule has 1 fully saturated rings. The lowest BCUT2D eigenvalue weighted by Gasteiger charge is -2.28. The van der Waals surface area contributed by atoms with Gasteiger partial charge in [-0.15, -0.1) is 0 Å². The molecule has 2 aromatic rings. The van der Waals surface area contributed by atoms with E-state index in [0.29, 0.717) is 11.6 Å². The molecule has 0 aliphatic carbocycles. The Bertz CT molecular complexity index is 720. The molecule has 0 radical (unpaired) electrons. The molecule has 4 nitrogen and oxygen atoms in total. The van der Waals surface area contributed by atoms with Gasteiger partial charge in [-0.25, -0.2) is 0 Å². The number of nitrogens with zero attached hydrogens (tertiary/aromatic N) is 2. The van der Waals surface area contributed by atoms with Crippen LogP contribution in [0.25, 0.3) is 0 Å². The number of thiocarbonyl (C=S) groups is 1. The molecule has 0 bridgehead atoms. The average Bonchev–Trinajstić information content (AvgIpc) is 3.15. The van der Waals surface area contributed by atoms with E-state index >= 15 is 0 Å². The van der Waals surface area contributed by atoms with Gasteiger partial charge in [0.2, 0.25) is 0 Å². The third-order valence-electron chi connectivity index (χ3n) is 4.38. The zero-order chi connectivity index (χ0) is 16.4. The third-order valence-corrected chi connectivity index (χ3v) is 4.72. The van der Waals surface area contributed by atoms with E-state index in [1.165, 1.54) is 5.69 Å². The van der Waals surface area contributed by atoms with Crippen molar-refractivity contribution in [2.75, 3.05) is 11.9 Å². The number of benzene rings is 1. The number of ketones is 1. The predicted octanol–water partition coefficient (Wildman–Crippen LogP) is 3.76. The molecule has 3 rings (SSSR count). The quantitative estimate of drug-likeness (QED) is 0.688. The summed E-state index contributed by atoms with van der Waals surface area (Å²) in [6.07, 6.45) is 4.33. The summed E-state index contributed by atoms with van der Waals surface area (Å²) in [5.41, 5.74) is 2.92. The van der Waals surface area contributed by atoms with E-state index in [4.69, 9.17) is 12.2 Å². The van der Waals surface area contributed by atoms with E-state index in [1.807, 2.05) is 24.3 Å². The Balaban J connectivity index is 1.72. The van der Waals surface area contributed by atoms with Crippen LogP contribution >= 0.6 is 12.2 Å². The average molecular weight is 327 g/mol. The lowest BCUT2D eigenvalue weighted by molar-refractivity contribution is 0.101. The minimum absolute atomic E-state index is 0.0717. The molecule has 1 N–H and O–H groups in total. The van der Waals surface area contributed by atoms with Crippen LogP contribution in [0.5, 0.6) is 0 Å². The number of Topliss-reactive ketones (excluding diaryl/α,β-unsaturated/α-hetero) is 1. The van der Waals surface area contributed by atoms with Crippen molar-refractivity contribution in [1.82, 2.24) is 9.47 Å². The number of carbonyl (C=O) groups excluding carboxylic acids is 1. The summed E-state index contributed by atoms with van der Waals surface area (Å²) in [6.45, 7) is 2.54. The highest BCUT2D eigenvalue weighted by Crippen LogP contribution is 2.32. The van der Waals surface area contributed by atoms with Gasteiger partial charge in [-0.05, 0) is 68.4 Å². The molecule has 5 heteroatoms. The molecule has 23 heavy (non-hydrogen) atoms. The number of hydrogen-bond acceptors (Lipinski definition) is 2. The van der Waals surface area contributed by atoms with Crippen molar-refractivity contribution in [3.05, 3.63) is 53.9 Å². The second-order valence-corrected chi connectivity index (χ2v) is 6.35. The molecule has 1 saturated heterocycles. The minimum Gasteiger partial charge on any atom is -0.353 e. The first-order valence-electron chi connectivity index (χ1n) is 7.86. The van der Waals surface area contributed by atoms with Crippen LogP contribution in [-0.4, -0.2) is 26.9 Å². The van der Waals surface area contributed by atoms with E-state index in [-0.39, 0.29) is 5.78 Å². The Kier molecular flexibility index (Phi) is 4.48. The normalized spacial score (nSPS) is 17.3. The lowest BCUT2D eigenvalue weighted by atomic mass is 10.1. The van der Waals surface area contributed by atoms with Crippen molar-refractivity contribution < 1.29 is 4.79 Å². The first kappa shape index (κ1) is 15.7. The van der Waals surface area contributed by atoms with Gasteiger partial charge in [0.05, 0.1) is 6.04 Å². The molecule has 0 saturated carbocycles. The van der Waals surface area contributed by atoms with Crippen LogP contribution in [0.4, 0.5) is 5.69 Å². The SMILES string of the molecule is CC(=O)c1ccc(NC(=S)N2CCC[C@H]2c2cccn2C)cc1. The maximum absolute atomic E-state index is 11.3. The highest BCUT2D eigenvalue weighted by Gasteiger charge is 2.29. The fourth-order valence-electron chi connectivity index (χ4n) is 3.12. The largest absolute Gasteiger partial charge is 0.353 e. The van der Waals surface area contributed by atoms with Crippen molar-refractivity contribution in [3.8, 4) is 0 Å². The summed E-state index contributed by atoms with van der Waals surface area (Å²) in [6, 6.07) is 12.0. The van der Waals surface area contributed by atoms with Crippen LogP contribution in [-0.2, 0) is 7.05 Å². The van der Waals surface area contributed by atoms with E-state index in [1.54, 1.807) is 6.92 Å². The number of hydrogen-bond donors (Lipinski definition) is 1. The first-order valence-corrected chi connectivity index (χ1v) is 8.27. The maximum atomic E-state index is 11.3. The molecule has 1 aliphatic rings. The van der Waals surface area contributed by atoms with Gasteiger partial charge in [0.1, 0.15) is 0 Å². The third kappa shape index (κ3) is 3.29. The first-order chi connectivity index (χ1) is 11.1. The summed E-state index contributed by atoms with van der Waals surface area (Å²) in [5.74, 6) is 0.0717. The minimum atomic E-state index is 0.0717. The van der Waals surface area contributed by atoms with Crippen LogP contribution in [0.3, 0.4) is 0 Å².